The third-order valence-electron chi connectivity index (χ3n) is 4.60. The van der Waals surface area contributed by atoms with E-state index in [1.807, 2.05) is 24.3 Å². The largest absolute Gasteiger partial charge is 0.350 e. The highest BCUT2D eigenvalue weighted by atomic mass is 32.1. The minimum Gasteiger partial charge on any atom is -0.350 e. The summed E-state index contributed by atoms with van der Waals surface area (Å²) < 4.78 is 1.07. The van der Waals surface area contributed by atoms with E-state index in [4.69, 9.17) is 0 Å². The molecule has 0 aliphatic heterocycles. The maximum atomic E-state index is 9.79. The second kappa shape index (κ2) is 8.99. The fourth-order valence-corrected chi connectivity index (χ4v) is 4.29. The molecule has 0 saturated carbocycles. The van der Waals surface area contributed by atoms with E-state index in [9.17, 15) is 5.26 Å². The molecule has 1 unspecified atom stereocenters. The van der Waals surface area contributed by atoms with Gasteiger partial charge in [0.05, 0.1) is 22.0 Å². The summed E-state index contributed by atoms with van der Waals surface area (Å²) in [7, 11) is 4.11. The van der Waals surface area contributed by atoms with Crippen LogP contribution >= 0.6 is 11.3 Å². The third kappa shape index (κ3) is 4.62. The first-order chi connectivity index (χ1) is 14.6. The molecule has 0 spiro atoms. The minimum absolute atomic E-state index is 0.506. The Kier molecular flexibility index (Phi) is 5.98. The molecule has 0 aliphatic rings. The van der Waals surface area contributed by atoms with Gasteiger partial charge in [-0.3, -0.25) is 0 Å². The first-order valence-electron chi connectivity index (χ1n) is 9.67. The first-order valence-corrected chi connectivity index (χ1v) is 10.5. The molecule has 0 bridgehead atoms. The monoisotopic (exact) mass is 414 g/mol. The van der Waals surface area contributed by atoms with Gasteiger partial charge in [0.2, 0.25) is 5.95 Å². The lowest BCUT2D eigenvalue weighted by molar-refractivity contribution is 0.402. The van der Waals surface area contributed by atoms with E-state index in [1.165, 1.54) is 16.9 Å². The summed E-state index contributed by atoms with van der Waals surface area (Å²) in [6.07, 6.45) is 1.69. The molecule has 0 fully saturated rings. The normalized spacial score (nSPS) is 12.1. The van der Waals surface area contributed by atoms with Crippen LogP contribution in [0.4, 0.5) is 5.95 Å². The number of thiazole rings is 1. The van der Waals surface area contributed by atoms with Crippen molar-refractivity contribution in [1.82, 2.24) is 19.9 Å². The molecule has 0 saturated heterocycles. The number of hydrogen-bond donors (Lipinski definition) is 1. The SMILES string of the molecule is CN(C)Cc1cccc(CNc2nccc(C(C#N)c3nc4ccccc4s3)n2)c1. The molecule has 1 atom stereocenters. The quantitative estimate of drug-likeness (QED) is 0.482. The molecular weight excluding hydrogens is 392 g/mol. The Labute approximate surface area is 179 Å². The molecule has 1 N–H and O–H groups in total. The van der Waals surface area contributed by atoms with Crippen molar-refractivity contribution in [3.63, 3.8) is 0 Å². The van der Waals surface area contributed by atoms with E-state index in [0.29, 0.717) is 18.2 Å². The van der Waals surface area contributed by atoms with Gasteiger partial charge in [-0.2, -0.15) is 5.26 Å². The maximum absolute atomic E-state index is 9.79. The van der Waals surface area contributed by atoms with Crippen molar-refractivity contribution in [2.75, 3.05) is 19.4 Å². The van der Waals surface area contributed by atoms with Crippen LogP contribution in [0, 0.1) is 11.3 Å². The Hall–Kier alpha value is -3.34. The average Bonchev–Trinajstić information content (AvgIpc) is 3.17. The van der Waals surface area contributed by atoms with Gasteiger partial charge >= 0.3 is 0 Å². The summed E-state index contributed by atoms with van der Waals surface area (Å²) in [5.41, 5.74) is 3.97. The van der Waals surface area contributed by atoms with Crippen LogP contribution in [-0.2, 0) is 13.1 Å². The van der Waals surface area contributed by atoms with Crippen LogP contribution in [0.15, 0.2) is 60.8 Å². The van der Waals surface area contributed by atoms with Crippen molar-refractivity contribution in [2.45, 2.75) is 19.0 Å². The summed E-state index contributed by atoms with van der Waals surface area (Å²) in [5.74, 6) is -0.0127. The fraction of sp³-hybridized carbons (Fsp3) is 0.217. The van der Waals surface area contributed by atoms with Crippen molar-refractivity contribution in [3.8, 4) is 6.07 Å². The van der Waals surface area contributed by atoms with E-state index < -0.39 is 5.92 Å². The lowest BCUT2D eigenvalue weighted by atomic mass is 10.1. The maximum Gasteiger partial charge on any atom is 0.223 e. The standard InChI is InChI=1S/C23H22N6S/c1-29(2)15-17-7-5-6-16(12-17)14-26-23-25-11-10-19(28-23)18(13-24)22-27-20-8-3-4-9-21(20)30-22/h3-12,18H,14-15H2,1-2H3,(H,25,26,28). The molecule has 0 amide bonds. The van der Waals surface area contributed by atoms with Crippen LogP contribution in [-0.4, -0.2) is 33.9 Å². The predicted molar refractivity (Wildman–Crippen MR) is 120 cm³/mol. The average molecular weight is 415 g/mol. The Morgan fingerprint density at radius 2 is 1.90 bits per heavy atom. The van der Waals surface area contributed by atoms with Crippen LogP contribution in [0.25, 0.3) is 10.2 Å². The molecular formula is C23H22N6S. The summed E-state index contributed by atoms with van der Waals surface area (Å²) >= 11 is 1.53. The number of benzene rings is 2. The van der Waals surface area contributed by atoms with Crippen LogP contribution in [0.3, 0.4) is 0 Å². The molecule has 0 aliphatic carbocycles. The number of hydrogen-bond acceptors (Lipinski definition) is 7. The molecule has 4 aromatic rings. The van der Waals surface area contributed by atoms with Crippen molar-refractivity contribution < 1.29 is 0 Å². The molecule has 2 heterocycles. The molecule has 2 aromatic carbocycles. The van der Waals surface area contributed by atoms with Gasteiger partial charge < -0.3 is 10.2 Å². The van der Waals surface area contributed by atoms with Crippen LogP contribution in [0.5, 0.6) is 0 Å². The first kappa shape index (κ1) is 20.0. The van der Waals surface area contributed by atoms with Gasteiger partial charge in [0.1, 0.15) is 10.9 Å². The van der Waals surface area contributed by atoms with E-state index in [0.717, 1.165) is 27.3 Å². The van der Waals surface area contributed by atoms with Gasteiger partial charge in [0, 0.05) is 19.3 Å². The highest BCUT2D eigenvalue weighted by Crippen LogP contribution is 2.30. The second-order valence-corrected chi connectivity index (χ2v) is 8.36. The molecule has 2 aromatic heterocycles. The summed E-state index contributed by atoms with van der Waals surface area (Å²) in [6.45, 7) is 1.51. The summed E-state index contributed by atoms with van der Waals surface area (Å²) in [5, 5.41) is 13.8. The Bertz CT molecular complexity index is 1160. The number of para-hydroxylation sites is 1. The zero-order chi connectivity index (χ0) is 20.9. The van der Waals surface area contributed by atoms with Crippen molar-refractivity contribution in [3.05, 3.63) is 82.6 Å². The Morgan fingerprint density at radius 1 is 1.07 bits per heavy atom. The highest BCUT2D eigenvalue weighted by Gasteiger charge is 2.20. The van der Waals surface area contributed by atoms with Gasteiger partial charge in [-0.1, -0.05) is 36.4 Å². The van der Waals surface area contributed by atoms with Crippen LogP contribution in [0.1, 0.15) is 27.7 Å². The van der Waals surface area contributed by atoms with Gasteiger partial charge in [-0.25, -0.2) is 15.0 Å². The van der Waals surface area contributed by atoms with Gasteiger partial charge in [0.25, 0.3) is 0 Å². The molecule has 150 valence electrons. The molecule has 4 rings (SSSR count). The van der Waals surface area contributed by atoms with Crippen molar-refractivity contribution in [2.24, 2.45) is 0 Å². The highest BCUT2D eigenvalue weighted by molar-refractivity contribution is 7.18. The summed E-state index contributed by atoms with van der Waals surface area (Å²) in [4.78, 5) is 15.7. The minimum atomic E-state index is -0.519. The lowest BCUT2D eigenvalue weighted by Gasteiger charge is -2.12. The van der Waals surface area contributed by atoms with E-state index in [2.05, 4.69) is 69.6 Å². The smallest absolute Gasteiger partial charge is 0.223 e. The molecule has 6 nitrogen and oxygen atoms in total. The number of rotatable bonds is 7. The lowest BCUT2D eigenvalue weighted by Crippen LogP contribution is -2.11. The summed E-state index contributed by atoms with van der Waals surface area (Å²) in [6, 6.07) is 20.5. The predicted octanol–water partition coefficient (Wildman–Crippen LogP) is 4.42. The molecule has 30 heavy (non-hydrogen) atoms. The Balaban J connectivity index is 1.51. The van der Waals surface area contributed by atoms with Crippen LogP contribution < -0.4 is 5.32 Å². The van der Waals surface area contributed by atoms with Gasteiger partial charge in [-0.15, -0.1) is 11.3 Å². The zero-order valence-electron chi connectivity index (χ0n) is 16.9. The second-order valence-electron chi connectivity index (χ2n) is 7.30. The number of nitriles is 1. The van der Waals surface area contributed by atoms with E-state index in [-0.39, 0.29) is 0 Å². The van der Waals surface area contributed by atoms with Gasteiger partial charge in [-0.05, 0) is 43.4 Å². The Morgan fingerprint density at radius 3 is 2.70 bits per heavy atom. The molecule has 0 radical (unpaired) electrons. The van der Waals surface area contributed by atoms with E-state index >= 15 is 0 Å². The topological polar surface area (TPSA) is 77.7 Å². The number of nitrogens with zero attached hydrogens (tertiary/aromatic N) is 5. The number of nitrogens with one attached hydrogen (secondary N) is 1. The van der Waals surface area contributed by atoms with Crippen molar-refractivity contribution >= 4 is 27.5 Å². The fourth-order valence-electron chi connectivity index (χ4n) is 3.26. The zero-order valence-corrected chi connectivity index (χ0v) is 17.7. The molecule has 7 heteroatoms. The number of fused-ring (bicyclic) bond motifs is 1. The van der Waals surface area contributed by atoms with Crippen LogP contribution in [0.2, 0.25) is 0 Å². The van der Waals surface area contributed by atoms with E-state index in [1.54, 1.807) is 12.3 Å². The van der Waals surface area contributed by atoms with Crippen molar-refractivity contribution in [1.29, 1.82) is 5.26 Å². The van der Waals surface area contributed by atoms with Gasteiger partial charge in [0.15, 0.2) is 0 Å². The number of aromatic nitrogens is 3. The third-order valence-corrected chi connectivity index (χ3v) is 5.70. The number of anilines is 1.